The minimum atomic E-state index is -0.562. The minimum absolute atomic E-state index is 0.167. The summed E-state index contributed by atoms with van der Waals surface area (Å²) < 4.78 is 1.53. The molecule has 0 aliphatic carbocycles. The van der Waals surface area contributed by atoms with Crippen LogP contribution < -0.4 is 5.32 Å². The number of rotatable bonds is 7. The van der Waals surface area contributed by atoms with Gasteiger partial charge in [0.25, 0.3) is 0 Å². The number of aromatic amines is 1. The summed E-state index contributed by atoms with van der Waals surface area (Å²) in [5, 5.41) is 13.8. The number of carbonyl (C=O) groups excluding carboxylic acids is 1. The molecule has 2 heterocycles. The van der Waals surface area contributed by atoms with Gasteiger partial charge in [0.2, 0.25) is 12.2 Å². The van der Waals surface area contributed by atoms with E-state index >= 15 is 0 Å². The number of carbonyl (C=O) groups is 1. The van der Waals surface area contributed by atoms with Gasteiger partial charge >= 0.3 is 5.82 Å². The Hall–Kier alpha value is -4.01. The second kappa shape index (κ2) is 7.93. The zero-order chi connectivity index (χ0) is 20.2. The first kappa shape index (κ1) is 18.4. The highest BCUT2D eigenvalue weighted by molar-refractivity contribution is 5.78. The smallest absolute Gasteiger partial charge is 0.358 e. The van der Waals surface area contributed by atoms with Gasteiger partial charge in [-0.3, -0.25) is 4.79 Å². The summed E-state index contributed by atoms with van der Waals surface area (Å²) >= 11 is 0. The molecule has 4 rings (SSSR count). The number of nitrogens with one attached hydrogen (secondary N) is 2. The third-order valence-electron chi connectivity index (χ3n) is 4.62. The highest BCUT2D eigenvalue weighted by Crippen LogP contribution is 2.24. The number of H-pyrrole nitrogens is 1. The largest absolute Gasteiger partial charge is 0.381 e. The van der Waals surface area contributed by atoms with Gasteiger partial charge in [-0.1, -0.05) is 36.4 Å². The third-order valence-corrected chi connectivity index (χ3v) is 4.62. The summed E-state index contributed by atoms with van der Waals surface area (Å²) in [7, 11) is 0. The Bertz CT molecular complexity index is 1150. The molecule has 0 aliphatic rings. The average molecular weight is 390 g/mol. The monoisotopic (exact) mass is 390 g/mol. The van der Waals surface area contributed by atoms with Crippen LogP contribution in [-0.2, 0) is 11.3 Å². The number of imidazole rings is 2. The second-order valence-electron chi connectivity index (χ2n) is 6.57. The summed E-state index contributed by atoms with van der Waals surface area (Å²) in [5.74, 6) is -0.402. The molecule has 0 bridgehead atoms. The summed E-state index contributed by atoms with van der Waals surface area (Å²) in [5.41, 5.74) is 3.63. The number of hydrogen-bond donors (Lipinski definition) is 2. The van der Waals surface area contributed by atoms with Gasteiger partial charge in [-0.25, -0.2) is 4.98 Å². The van der Waals surface area contributed by atoms with Gasteiger partial charge in [0.1, 0.15) is 6.20 Å². The van der Waals surface area contributed by atoms with E-state index in [1.165, 1.54) is 17.1 Å². The highest BCUT2D eigenvalue weighted by Gasteiger charge is 2.18. The number of amides is 1. The van der Waals surface area contributed by atoms with E-state index < -0.39 is 4.92 Å². The van der Waals surface area contributed by atoms with Gasteiger partial charge in [0.15, 0.2) is 0 Å². The van der Waals surface area contributed by atoms with E-state index in [9.17, 15) is 14.9 Å². The number of aryl methyl sites for hydroxylation is 1. The summed E-state index contributed by atoms with van der Waals surface area (Å²) in [6.45, 7) is 0.299. The van der Waals surface area contributed by atoms with Crippen LogP contribution in [0.3, 0.4) is 0 Å². The number of nitrogens with zero attached hydrogens (tertiary/aromatic N) is 4. The van der Waals surface area contributed by atoms with Gasteiger partial charge in [0.05, 0.1) is 23.4 Å². The van der Waals surface area contributed by atoms with Crippen LogP contribution in [-0.4, -0.2) is 30.3 Å². The molecule has 0 radical (unpaired) electrons. The molecular weight excluding hydrogens is 372 g/mol. The lowest BCUT2D eigenvalue weighted by Crippen LogP contribution is -2.29. The Morgan fingerprint density at radius 1 is 1.17 bits per heavy atom. The lowest BCUT2D eigenvalue weighted by atomic mass is 9.98. The van der Waals surface area contributed by atoms with Crippen LogP contribution in [0, 0.1) is 10.1 Å². The molecular formula is C20H18N6O3. The lowest BCUT2D eigenvalue weighted by Gasteiger charge is -2.20. The Morgan fingerprint density at radius 2 is 2.00 bits per heavy atom. The van der Waals surface area contributed by atoms with Crippen molar-refractivity contribution in [3.8, 4) is 0 Å². The normalized spacial score (nSPS) is 12.0. The van der Waals surface area contributed by atoms with E-state index in [-0.39, 0.29) is 24.2 Å². The Balaban J connectivity index is 1.51. The van der Waals surface area contributed by atoms with Crippen molar-refractivity contribution < 1.29 is 9.72 Å². The number of benzene rings is 2. The molecule has 2 aromatic carbocycles. The van der Waals surface area contributed by atoms with Crippen molar-refractivity contribution in [1.82, 2.24) is 24.8 Å². The summed E-state index contributed by atoms with van der Waals surface area (Å²) in [6, 6.07) is 15.2. The van der Waals surface area contributed by atoms with E-state index in [1.54, 1.807) is 6.33 Å². The maximum absolute atomic E-state index is 12.6. The van der Waals surface area contributed by atoms with Crippen molar-refractivity contribution in [2.75, 3.05) is 0 Å². The van der Waals surface area contributed by atoms with E-state index in [4.69, 9.17) is 0 Å². The summed E-state index contributed by atoms with van der Waals surface area (Å²) in [6.07, 6.45) is 4.47. The van der Waals surface area contributed by atoms with Crippen LogP contribution in [0.4, 0.5) is 5.82 Å². The van der Waals surface area contributed by atoms with E-state index in [0.717, 1.165) is 22.2 Å². The van der Waals surface area contributed by atoms with Crippen LogP contribution in [0.2, 0.25) is 0 Å². The second-order valence-corrected chi connectivity index (χ2v) is 6.57. The van der Waals surface area contributed by atoms with E-state index in [2.05, 4.69) is 20.3 Å². The maximum Gasteiger partial charge on any atom is 0.381 e. The number of hydrogen-bond acceptors (Lipinski definition) is 5. The number of aromatic nitrogens is 4. The zero-order valence-electron chi connectivity index (χ0n) is 15.4. The van der Waals surface area contributed by atoms with Gasteiger partial charge in [-0.2, -0.15) is 0 Å². The molecule has 0 saturated heterocycles. The van der Waals surface area contributed by atoms with E-state index in [0.29, 0.717) is 6.54 Å². The van der Waals surface area contributed by atoms with Crippen LogP contribution in [0.1, 0.15) is 23.6 Å². The highest BCUT2D eigenvalue weighted by atomic mass is 16.6. The summed E-state index contributed by atoms with van der Waals surface area (Å²) in [4.78, 5) is 33.8. The number of nitro groups is 1. The Labute approximate surface area is 165 Å². The fourth-order valence-electron chi connectivity index (χ4n) is 3.17. The fourth-order valence-corrected chi connectivity index (χ4v) is 3.17. The predicted octanol–water partition coefficient (Wildman–Crippen LogP) is 2.96. The predicted molar refractivity (Wildman–Crippen MR) is 106 cm³/mol. The molecule has 1 atom stereocenters. The SMILES string of the molecule is O=C(CCn1cnc([N+](=O)[O-])c1)NC(c1ccccc1)c1ccc2nc[nH]c2c1. The molecule has 9 nitrogen and oxygen atoms in total. The van der Waals surface area contributed by atoms with Gasteiger partial charge in [0, 0.05) is 13.0 Å². The van der Waals surface area contributed by atoms with E-state index in [1.807, 2.05) is 48.5 Å². The van der Waals surface area contributed by atoms with Crippen molar-refractivity contribution in [1.29, 1.82) is 0 Å². The van der Waals surface area contributed by atoms with Crippen molar-refractivity contribution in [2.24, 2.45) is 0 Å². The van der Waals surface area contributed by atoms with Gasteiger partial charge in [-0.05, 0) is 33.2 Å². The molecule has 0 spiro atoms. The molecule has 0 fully saturated rings. The molecule has 1 unspecified atom stereocenters. The first-order chi connectivity index (χ1) is 14.1. The van der Waals surface area contributed by atoms with Crippen LogP contribution in [0.15, 0.2) is 67.4 Å². The van der Waals surface area contributed by atoms with Crippen molar-refractivity contribution in [3.05, 3.63) is 88.6 Å². The molecule has 4 aromatic rings. The van der Waals surface area contributed by atoms with Gasteiger partial charge < -0.3 is 25.0 Å². The first-order valence-corrected chi connectivity index (χ1v) is 9.03. The van der Waals surface area contributed by atoms with Crippen molar-refractivity contribution >= 4 is 22.8 Å². The van der Waals surface area contributed by atoms with Crippen LogP contribution >= 0.6 is 0 Å². The average Bonchev–Trinajstić information content (AvgIpc) is 3.40. The molecule has 0 aliphatic heterocycles. The molecule has 2 N–H and O–H groups in total. The standard InChI is InChI=1S/C20H18N6O3/c27-19(8-9-25-11-18(23-13-25)26(28)29)24-20(14-4-2-1-3-5-14)15-6-7-16-17(10-15)22-12-21-16/h1-7,10-13,20H,8-9H2,(H,21,22)(H,24,27). The molecule has 0 saturated carbocycles. The topological polar surface area (TPSA) is 119 Å². The number of fused-ring (bicyclic) bond motifs is 1. The lowest BCUT2D eigenvalue weighted by molar-refractivity contribution is -0.389. The van der Waals surface area contributed by atoms with Crippen LogP contribution in [0.25, 0.3) is 11.0 Å². The molecule has 146 valence electrons. The van der Waals surface area contributed by atoms with Crippen molar-refractivity contribution in [2.45, 2.75) is 19.0 Å². The quantitative estimate of drug-likeness (QED) is 0.371. The van der Waals surface area contributed by atoms with Crippen LogP contribution in [0.5, 0.6) is 0 Å². The Morgan fingerprint density at radius 3 is 2.76 bits per heavy atom. The minimum Gasteiger partial charge on any atom is -0.358 e. The fraction of sp³-hybridized carbons (Fsp3) is 0.150. The first-order valence-electron chi connectivity index (χ1n) is 9.03. The molecule has 1 amide bonds. The third kappa shape index (κ3) is 4.13. The zero-order valence-corrected chi connectivity index (χ0v) is 15.4. The Kier molecular flexibility index (Phi) is 5.02. The molecule has 9 heteroatoms. The van der Waals surface area contributed by atoms with Gasteiger partial charge in [-0.15, -0.1) is 0 Å². The van der Waals surface area contributed by atoms with Crippen molar-refractivity contribution in [3.63, 3.8) is 0 Å². The molecule has 29 heavy (non-hydrogen) atoms. The maximum atomic E-state index is 12.6. The molecule has 2 aromatic heterocycles.